The maximum atomic E-state index is 13.5. The average Bonchev–Trinajstić information content (AvgIpc) is 2.28. The smallest absolute Gasteiger partial charge is 0.404 e. The molecular weight excluding hydrogens is 288 g/mol. The van der Waals surface area contributed by atoms with E-state index in [1.807, 2.05) is 0 Å². The average molecular weight is 293 g/mol. The van der Waals surface area contributed by atoms with Gasteiger partial charge in [-0.1, -0.05) is 11.6 Å². The Morgan fingerprint density at radius 3 is 2.37 bits per heavy atom. The van der Waals surface area contributed by atoms with Crippen LogP contribution in [-0.4, -0.2) is 16.3 Å². The lowest BCUT2D eigenvalue weighted by Gasteiger charge is -2.09. The second kappa shape index (κ2) is 5.00. The van der Waals surface area contributed by atoms with Crippen LogP contribution in [0.2, 0.25) is 5.15 Å². The summed E-state index contributed by atoms with van der Waals surface area (Å²) < 4.78 is 53.0. The molecule has 0 atom stereocenters. The number of halogens is 5. The molecule has 0 spiro atoms. The molecule has 0 radical (unpaired) electrons. The summed E-state index contributed by atoms with van der Waals surface area (Å²) >= 11 is 5.49. The zero-order chi connectivity index (χ0) is 14.0. The summed E-state index contributed by atoms with van der Waals surface area (Å²) in [4.78, 5) is 7.35. The Bertz CT molecular complexity index is 586. The molecule has 2 aromatic rings. The molecule has 0 unspecified atom stereocenters. The van der Waals surface area contributed by atoms with Gasteiger partial charge in [-0.15, -0.1) is 13.2 Å². The third-order valence-corrected chi connectivity index (χ3v) is 2.27. The first-order valence-corrected chi connectivity index (χ1v) is 5.26. The number of hydrogen-bond donors (Lipinski definition) is 0. The van der Waals surface area contributed by atoms with Crippen LogP contribution >= 0.6 is 11.6 Å². The van der Waals surface area contributed by atoms with Gasteiger partial charge < -0.3 is 4.74 Å². The zero-order valence-corrected chi connectivity index (χ0v) is 9.84. The second-order valence-corrected chi connectivity index (χ2v) is 3.80. The Labute approximate surface area is 109 Å². The van der Waals surface area contributed by atoms with Gasteiger partial charge in [-0.2, -0.15) is 0 Å². The molecule has 0 amide bonds. The van der Waals surface area contributed by atoms with E-state index in [1.165, 1.54) is 6.07 Å². The quantitative estimate of drug-likeness (QED) is 0.623. The fourth-order valence-electron chi connectivity index (χ4n) is 1.33. The summed E-state index contributed by atoms with van der Waals surface area (Å²) in [6.07, 6.45) is -2.81. The molecule has 0 aromatic carbocycles. The number of pyridine rings is 2. The summed E-state index contributed by atoms with van der Waals surface area (Å²) in [5, 5.41) is -0.0294. The number of aromatic nitrogens is 2. The molecule has 2 rings (SSSR count). The minimum Gasteiger partial charge on any atom is -0.404 e. The Morgan fingerprint density at radius 1 is 1.11 bits per heavy atom. The normalized spacial score (nSPS) is 11.4. The third-order valence-electron chi connectivity index (χ3n) is 2.07. The highest BCUT2D eigenvalue weighted by Crippen LogP contribution is 2.26. The molecule has 100 valence electrons. The summed E-state index contributed by atoms with van der Waals surface area (Å²) in [5.41, 5.74) is 0.152. The molecule has 0 aliphatic carbocycles. The predicted molar refractivity (Wildman–Crippen MR) is 59.1 cm³/mol. The standard InChI is InChI=1S/C11H5ClF4N2O/c12-10-3-8(13)7(5-18-10)9-2-1-6(4-17-9)19-11(14,15)16/h1-5H. The summed E-state index contributed by atoms with van der Waals surface area (Å²) in [6.45, 7) is 0. The molecule has 8 heteroatoms. The highest BCUT2D eigenvalue weighted by molar-refractivity contribution is 6.29. The lowest BCUT2D eigenvalue weighted by Crippen LogP contribution is -2.17. The monoisotopic (exact) mass is 292 g/mol. The van der Waals surface area contributed by atoms with E-state index >= 15 is 0 Å². The molecule has 0 saturated carbocycles. The van der Waals surface area contributed by atoms with E-state index in [4.69, 9.17) is 11.6 Å². The van der Waals surface area contributed by atoms with Crippen LogP contribution in [0.4, 0.5) is 17.6 Å². The van der Waals surface area contributed by atoms with E-state index in [0.29, 0.717) is 0 Å². The molecule has 2 heterocycles. The molecule has 0 aliphatic rings. The van der Waals surface area contributed by atoms with Gasteiger partial charge in [0.1, 0.15) is 16.7 Å². The molecular formula is C11H5ClF4N2O. The second-order valence-electron chi connectivity index (χ2n) is 3.41. The predicted octanol–water partition coefficient (Wildman–Crippen LogP) is 3.83. The maximum Gasteiger partial charge on any atom is 0.573 e. The maximum absolute atomic E-state index is 13.5. The minimum absolute atomic E-state index is 0.0294. The Hall–Kier alpha value is -1.89. The van der Waals surface area contributed by atoms with Crippen molar-refractivity contribution in [1.82, 2.24) is 9.97 Å². The molecule has 19 heavy (non-hydrogen) atoms. The first-order valence-electron chi connectivity index (χ1n) is 4.88. The van der Waals surface area contributed by atoms with Crippen LogP contribution in [0.1, 0.15) is 0 Å². The highest BCUT2D eigenvalue weighted by Gasteiger charge is 2.31. The van der Waals surface area contributed by atoms with Crippen molar-refractivity contribution in [1.29, 1.82) is 0 Å². The van der Waals surface area contributed by atoms with E-state index in [9.17, 15) is 17.6 Å². The Balaban J connectivity index is 2.27. The number of nitrogens with zero attached hydrogens (tertiary/aromatic N) is 2. The fourth-order valence-corrected chi connectivity index (χ4v) is 1.47. The molecule has 0 saturated heterocycles. The summed E-state index contributed by atoms with van der Waals surface area (Å²) in [6, 6.07) is 3.21. The van der Waals surface area contributed by atoms with Crippen LogP contribution in [0, 0.1) is 5.82 Å². The van der Waals surface area contributed by atoms with Gasteiger partial charge in [-0.25, -0.2) is 9.37 Å². The van der Waals surface area contributed by atoms with E-state index in [2.05, 4.69) is 14.7 Å². The van der Waals surface area contributed by atoms with Crippen molar-refractivity contribution in [2.75, 3.05) is 0 Å². The van der Waals surface area contributed by atoms with Crippen molar-refractivity contribution in [3.63, 3.8) is 0 Å². The fraction of sp³-hybridized carbons (Fsp3) is 0.0909. The lowest BCUT2D eigenvalue weighted by molar-refractivity contribution is -0.274. The number of ether oxygens (including phenoxy) is 1. The number of hydrogen-bond acceptors (Lipinski definition) is 3. The van der Waals surface area contributed by atoms with Crippen LogP contribution in [0.25, 0.3) is 11.3 Å². The van der Waals surface area contributed by atoms with Gasteiger partial charge in [-0.05, 0) is 12.1 Å². The molecule has 3 nitrogen and oxygen atoms in total. The SMILES string of the molecule is Fc1cc(Cl)ncc1-c1ccc(OC(F)(F)F)cn1. The first-order chi connectivity index (χ1) is 8.85. The molecule has 0 aliphatic heterocycles. The van der Waals surface area contributed by atoms with E-state index in [0.717, 1.165) is 24.5 Å². The molecule has 0 fully saturated rings. The molecule has 0 N–H and O–H groups in total. The van der Waals surface area contributed by atoms with E-state index in [1.54, 1.807) is 0 Å². The van der Waals surface area contributed by atoms with Gasteiger partial charge in [0.05, 0.1) is 17.5 Å². The molecule has 2 aromatic heterocycles. The van der Waals surface area contributed by atoms with Crippen molar-refractivity contribution in [2.45, 2.75) is 6.36 Å². The van der Waals surface area contributed by atoms with Gasteiger partial charge in [0.2, 0.25) is 0 Å². The third kappa shape index (κ3) is 3.54. The van der Waals surface area contributed by atoms with Crippen LogP contribution in [0.15, 0.2) is 30.6 Å². The van der Waals surface area contributed by atoms with Crippen molar-refractivity contribution in [3.05, 3.63) is 41.6 Å². The molecule has 0 bridgehead atoms. The van der Waals surface area contributed by atoms with Crippen molar-refractivity contribution in [2.24, 2.45) is 0 Å². The first kappa shape index (κ1) is 13.5. The number of alkyl halides is 3. The number of rotatable bonds is 2. The Morgan fingerprint density at radius 2 is 1.84 bits per heavy atom. The van der Waals surface area contributed by atoms with Gasteiger partial charge in [-0.3, -0.25) is 4.98 Å². The van der Waals surface area contributed by atoms with Crippen LogP contribution in [0.3, 0.4) is 0 Å². The van der Waals surface area contributed by atoms with Crippen molar-refractivity contribution in [3.8, 4) is 17.0 Å². The van der Waals surface area contributed by atoms with Gasteiger partial charge >= 0.3 is 6.36 Å². The Kier molecular flexibility index (Phi) is 3.57. The lowest BCUT2D eigenvalue weighted by atomic mass is 10.2. The summed E-state index contributed by atoms with van der Waals surface area (Å²) in [7, 11) is 0. The highest BCUT2D eigenvalue weighted by atomic mass is 35.5. The van der Waals surface area contributed by atoms with Crippen LogP contribution in [0.5, 0.6) is 5.75 Å². The topological polar surface area (TPSA) is 35.0 Å². The van der Waals surface area contributed by atoms with E-state index in [-0.39, 0.29) is 16.4 Å². The van der Waals surface area contributed by atoms with Gasteiger partial charge in [0.15, 0.2) is 0 Å². The van der Waals surface area contributed by atoms with Crippen molar-refractivity contribution < 1.29 is 22.3 Å². The minimum atomic E-state index is -4.80. The zero-order valence-electron chi connectivity index (χ0n) is 9.08. The van der Waals surface area contributed by atoms with Crippen LogP contribution in [-0.2, 0) is 0 Å². The van der Waals surface area contributed by atoms with E-state index < -0.39 is 17.9 Å². The van der Waals surface area contributed by atoms with Crippen LogP contribution < -0.4 is 4.74 Å². The summed E-state index contributed by atoms with van der Waals surface area (Å²) in [5.74, 6) is -1.16. The largest absolute Gasteiger partial charge is 0.573 e. The van der Waals surface area contributed by atoms with Crippen molar-refractivity contribution >= 4 is 11.6 Å². The van der Waals surface area contributed by atoms with Gasteiger partial charge in [0.25, 0.3) is 0 Å². The van der Waals surface area contributed by atoms with Gasteiger partial charge in [0, 0.05) is 12.3 Å².